The molecular formula is C19H24N2O4. The summed E-state index contributed by atoms with van der Waals surface area (Å²) in [6.07, 6.45) is 1.53. The summed E-state index contributed by atoms with van der Waals surface area (Å²) in [6, 6.07) is 9.71. The van der Waals surface area contributed by atoms with E-state index in [-0.39, 0.29) is 36.7 Å². The van der Waals surface area contributed by atoms with E-state index in [4.69, 9.17) is 0 Å². The number of carbonyl (C=O) groups excluding carboxylic acids is 2. The van der Waals surface area contributed by atoms with E-state index in [0.29, 0.717) is 25.9 Å². The summed E-state index contributed by atoms with van der Waals surface area (Å²) in [5, 5.41) is 9.19. The van der Waals surface area contributed by atoms with Crippen LogP contribution in [-0.2, 0) is 14.4 Å². The van der Waals surface area contributed by atoms with Crippen molar-refractivity contribution in [3.05, 3.63) is 35.9 Å². The van der Waals surface area contributed by atoms with E-state index in [1.54, 1.807) is 9.80 Å². The van der Waals surface area contributed by atoms with Gasteiger partial charge in [0.25, 0.3) is 0 Å². The lowest BCUT2D eigenvalue weighted by molar-refractivity contribution is -0.146. The molecule has 0 radical (unpaired) electrons. The second kappa shape index (κ2) is 7.25. The first-order valence-corrected chi connectivity index (χ1v) is 8.83. The van der Waals surface area contributed by atoms with Gasteiger partial charge in [-0.15, -0.1) is 0 Å². The van der Waals surface area contributed by atoms with Crippen molar-refractivity contribution in [2.75, 3.05) is 19.6 Å². The molecule has 6 nitrogen and oxygen atoms in total. The van der Waals surface area contributed by atoms with Crippen molar-refractivity contribution in [1.29, 1.82) is 0 Å². The lowest BCUT2D eigenvalue weighted by atomic mass is 9.96. The number of carboxylic acids is 1. The minimum absolute atomic E-state index is 0.0125. The number of rotatable bonds is 4. The molecule has 25 heavy (non-hydrogen) atoms. The Morgan fingerprint density at radius 2 is 1.88 bits per heavy atom. The maximum Gasteiger partial charge on any atom is 0.308 e. The topological polar surface area (TPSA) is 77.9 Å². The van der Waals surface area contributed by atoms with Crippen LogP contribution in [0.1, 0.15) is 37.8 Å². The van der Waals surface area contributed by atoms with Crippen LogP contribution < -0.4 is 0 Å². The molecule has 2 saturated heterocycles. The monoisotopic (exact) mass is 344 g/mol. The van der Waals surface area contributed by atoms with Crippen LogP contribution in [0, 0.1) is 11.8 Å². The predicted molar refractivity (Wildman–Crippen MR) is 91.6 cm³/mol. The third kappa shape index (κ3) is 3.67. The number of hydrogen-bond acceptors (Lipinski definition) is 3. The summed E-state index contributed by atoms with van der Waals surface area (Å²) in [4.78, 5) is 39.8. The molecule has 0 spiro atoms. The van der Waals surface area contributed by atoms with Gasteiger partial charge < -0.3 is 14.9 Å². The first kappa shape index (κ1) is 17.5. The molecule has 6 heteroatoms. The Bertz CT molecular complexity index is 661. The average molecular weight is 344 g/mol. The van der Waals surface area contributed by atoms with Crippen molar-refractivity contribution >= 4 is 17.8 Å². The summed E-state index contributed by atoms with van der Waals surface area (Å²) in [5.74, 6) is -1.80. The van der Waals surface area contributed by atoms with E-state index in [2.05, 4.69) is 0 Å². The Balaban J connectivity index is 1.65. The third-order valence-electron chi connectivity index (χ3n) is 5.34. The number of nitrogens with zero attached hydrogens (tertiary/aromatic N) is 2. The highest BCUT2D eigenvalue weighted by Crippen LogP contribution is 2.30. The zero-order valence-corrected chi connectivity index (χ0v) is 14.4. The van der Waals surface area contributed by atoms with Gasteiger partial charge in [0.1, 0.15) is 0 Å². The predicted octanol–water partition coefficient (Wildman–Crippen LogP) is 1.92. The molecule has 0 bridgehead atoms. The van der Waals surface area contributed by atoms with Crippen LogP contribution in [0.3, 0.4) is 0 Å². The quantitative estimate of drug-likeness (QED) is 0.905. The number of amides is 2. The van der Waals surface area contributed by atoms with Gasteiger partial charge in [0.2, 0.25) is 11.8 Å². The molecule has 134 valence electrons. The molecule has 1 aromatic carbocycles. The van der Waals surface area contributed by atoms with E-state index < -0.39 is 11.9 Å². The smallest absolute Gasteiger partial charge is 0.308 e. The second-order valence-electron chi connectivity index (χ2n) is 7.00. The van der Waals surface area contributed by atoms with Crippen molar-refractivity contribution < 1.29 is 19.5 Å². The van der Waals surface area contributed by atoms with Gasteiger partial charge in [0.15, 0.2) is 0 Å². The molecule has 0 aliphatic carbocycles. The molecule has 2 aliphatic heterocycles. The summed E-state index contributed by atoms with van der Waals surface area (Å²) in [7, 11) is 0. The average Bonchev–Trinajstić information content (AvgIpc) is 3.03. The Hall–Kier alpha value is -2.37. The molecule has 2 amide bonds. The van der Waals surface area contributed by atoms with Crippen LogP contribution in [0.5, 0.6) is 0 Å². The highest BCUT2D eigenvalue weighted by molar-refractivity contribution is 5.89. The minimum Gasteiger partial charge on any atom is -0.481 e. The van der Waals surface area contributed by atoms with E-state index in [1.165, 1.54) is 0 Å². The second-order valence-corrected chi connectivity index (χ2v) is 7.00. The number of carboxylic acid groups (broad SMARTS) is 1. The van der Waals surface area contributed by atoms with Crippen molar-refractivity contribution in [3.63, 3.8) is 0 Å². The molecule has 0 unspecified atom stereocenters. The van der Waals surface area contributed by atoms with Gasteiger partial charge in [-0.2, -0.15) is 0 Å². The number of piperidine rings is 1. The molecule has 2 heterocycles. The molecule has 2 aliphatic rings. The zero-order chi connectivity index (χ0) is 18.0. The van der Waals surface area contributed by atoms with Crippen molar-refractivity contribution in [3.8, 4) is 0 Å². The Kier molecular flexibility index (Phi) is 5.06. The van der Waals surface area contributed by atoms with Crippen LogP contribution in [0.25, 0.3) is 0 Å². The fraction of sp³-hybridized carbons (Fsp3) is 0.526. The molecule has 3 rings (SSSR count). The lowest BCUT2D eigenvalue weighted by Gasteiger charge is -2.32. The Labute approximate surface area is 147 Å². The van der Waals surface area contributed by atoms with Gasteiger partial charge in [0.05, 0.1) is 17.9 Å². The molecule has 2 fully saturated rings. The molecule has 1 aromatic rings. The van der Waals surface area contributed by atoms with E-state index >= 15 is 0 Å². The minimum atomic E-state index is -0.848. The SMILES string of the molecule is C[C@H](c1ccccc1)N1C[C@@H](C(=O)N2CCC[C@@H](C(=O)O)C2)CC1=O. The van der Waals surface area contributed by atoms with Gasteiger partial charge in [0, 0.05) is 26.1 Å². The van der Waals surface area contributed by atoms with E-state index in [9.17, 15) is 19.5 Å². The zero-order valence-electron chi connectivity index (χ0n) is 14.4. The molecule has 0 aromatic heterocycles. The normalized spacial score (nSPS) is 25.1. The molecular weight excluding hydrogens is 320 g/mol. The fourth-order valence-electron chi connectivity index (χ4n) is 3.82. The van der Waals surface area contributed by atoms with Gasteiger partial charge >= 0.3 is 5.97 Å². The molecule has 3 atom stereocenters. The van der Waals surface area contributed by atoms with E-state index in [0.717, 1.165) is 5.56 Å². The van der Waals surface area contributed by atoms with Crippen LogP contribution >= 0.6 is 0 Å². The summed E-state index contributed by atoms with van der Waals surface area (Å²) in [5.41, 5.74) is 1.05. The number of benzene rings is 1. The van der Waals surface area contributed by atoms with E-state index in [1.807, 2.05) is 37.3 Å². The maximum absolute atomic E-state index is 12.8. The number of aliphatic carboxylic acids is 1. The standard InChI is InChI=1S/C19H24N2O4/c1-13(14-6-3-2-4-7-14)21-12-16(10-17(21)22)18(23)20-9-5-8-15(11-20)19(24)25/h2-4,6-7,13,15-16H,5,8-12H2,1H3,(H,24,25)/t13-,15-,16+/m1/s1. The van der Waals surface area contributed by atoms with Crippen LogP contribution in [-0.4, -0.2) is 52.3 Å². The molecule has 0 saturated carbocycles. The summed E-state index contributed by atoms with van der Waals surface area (Å²) < 4.78 is 0. The van der Waals surface area contributed by atoms with Crippen molar-refractivity contribution in [2.45, 2.75) is 32.2 Å². The summed E-state index contributed by atoms with van der Waals surface area (Å²) in [6.45, 7) is 3.22. The van der Waals surface area contributed by atoms with Gasteiger partial charge in [-0.3, -0.25) is 14.4 Å². The van der Waals surface area contributed by atoms with Crippen LogP contribution in [0.2, 0.25) is 0 Å². The van der Waals surface area contributed by atoms with Gasteiger partial charge in [-0.25, -0.2) is 0 Å². The number of carbonyl (C=O) groups is 3. The van der Waals surface area contributed by atoms with Gasteiger partial charge in [-0.1, -0.05) is 30.3 Å². The lowest BCUT2D eigenvalue weighted by Crippen LogP contribution is -2.45. The van der Waals surface area contributed by atoms with Crippen LogP contribution in [0.15, 0.2) is 30.3 Å². The number of hydrogen-bond donors (Lipinski definition) is 1. The summed E-state index contributed by atoms with van der Waals surface area (Å²) >= 11 is 0. The Morgan fingerprint density at radius 1 is 1.16 bits per heavy atom. The molecule has 1 N–H and O–H groups in total. The van der Waals surface area contributed by atoms with Crippen molar-refractivity contribution in [1.82, 2.24) is 9.80 Å². The number of likely N-dealkylation sites (tertiary alicyclic amines) is 2. The third-order valence-corrected chi connectivity index (χ3v) is 5.34. The fourth-order valence-corrected chi connectivity index (χ4v) is 3.82. The van der Waals surface area contributed by atoms with Crippen molar-refractivity contribution in [2.24, 2.45) is 11.8 Å². The first-order chi connectivity index (χ1) is 12.0. The first-order valence-electron chi connectivity index (χ1n) is 8.83. The Morgan fingerprint density at radius 3 is 2.56 bits per heavy atom. The van der Waals surface area contributed by atoms with Gasteiger partial charge in [-0.05, 0) is 25.3 Å². The highest BCUT2D eigenvalue weighted by atomic mass is 16.4. The largest absolute Gasteiger partial charge is 0.481 e. The van der Waals surface area contributed by atoms with Crippen LogP contribution in [0.4, 0.5) is 0 Å². The maximum atomic E-state index is 12.8. The highest BCUT2D eigenvalue weighted by Gasteiger charge is 2.40.